The van der Waals surface area contributed by atoms with Gasteiger partial charge in [0.15, 0.2) is 6.10 Å². The van der Waals surface area contributed by atoms with E-state index in [0.717, 1.165) is 19.3 Å². The van der Waals surface area contributed by atoms with Gasteiger partial charge >= 0.3 is 5.97 Å². The number of hydrogen-bond acceptors (Lipinski definition) is 2. The zero-order valence-electron chi connectivity index (χ0n) is 9.02. The Labute approximate surface area is 89.8 Å². The molecule has 3 nitrogen and oxygen atoms in total. The van der Waals surface area contributed by atoms with Gasteiger partial charge in [-0.3, -0.25) is 0 Å². The van der Waals surface area contributed by atoms with Crippen LogP contribution in [0.2, 0.25) is 0 Å². The lowest BCUT2D eigenvalue weighted by Gasteiger charge is -2.46. The second-order valence-electron chi connectivity index (χ2n) is 5.24. The first-order valence-corrected chi connectivity index (χ1v) is 5.61. The number of aliphatic hydroxyl groups excluding tert-OH is 1. The molecule has 0 saturated heterocycles. The van der Waals surface area contributed by atoms with Crippen LogP contribution in [0.3, 0.4) is 0 Å². The number of hydrogen-bond donors (Lipinski definition) is 2. The lowest BCUT2D eigenvalue weighted by Crippen LogP contribution is -2.46. The van der Waals surface area contributed by atoms with Crippen molar-refractivity contribution in [2.45, 2.75) is 38.7 Å². The fourth-order valence-corrected chi connectivity index (χ4v) is 3.39. The summed E-state index contributed by atoms with van der Waals surface area (Å²) in [5.41, 5.74) is -0.400. The standard InChI is InChI=1S/C12H18O3/c1-8-5-9-3-2-4-12(6-8,7-9)10(13)11(14)15/h2-3,8-10,13H,4-7H2,1H3,(H,14,15). The first kappa shape index (κ1) is 10.7. The van der Waals surface area contributed by atoms with Crippen molar-refractivity contribution in [3.8, 4) is 0 Å². The third kappa shape index (κ3) is 1.81. The van der Waals surface area contributed by atoms with Crippen molar-refractivity contribution < 1.29 is 15.0 Å². The molecule has 0 spiro atoms. The number of aliphatic carboxylic acids is 1. The molecule has 2 rings (SSSR count). The number of aliphatic hydroxyl groups is 1. The van der Waals surface area contributed by atoms with Gasteiger partial charge in [0.05, 0.1) is 0 Å². The topological polar surface area (TPSA) is 57.5 Å². The molecule has 4 unspecified atom stereocenters. The number of carbonyl (C=O) groups is 1. The molecule has 0 heterocycles. The quantitative estimate of drug-likeness (QED) is 0.683. The molecule has 4 atom stereocenters. The van der Waals surface area contributed by atoms with E-state index >= 15 is 0 Å². The first-order valence-electron chi connectivity index (χ1n) is 5.61. The van der Waals surface area contributed by atoms with Crippen molar-refractivity contribution in [1.29, 1.82) is 0 Å². The molecule has 3 heteroatoms. The van der Waals surface area contributed by atoms with Crippen LogP contribution in [0.4, 0.5) is 0 Å². The van der Waals surface area contributed by atoms with Gasteiger partial charge in [0.1, 0.15) is 0 Å². The van der Waals surface area contributed by atoms with Crippen LogP contribution in [0.1, 0.15) is 32.6 Å². The van der Waals surface area contributed by atoms with E-state index in [4.69, 9.17) is 5.11 Å². The van der Waals surface area contributed by atoms with Crippen LogP contribution in [0.5, 0.6) is 0 Å². The maximum absolute atomic E-state index is 10.9. The number of rotatable bonds is 2. The summed E-state index contributed by atoms with van der Waals surface area (Å²) in [6.45, 7) is 2.15. The minimum Gasteiger partial charge on any atom is -0.479 e. The smallest absolute Gasteiger partial charge is 0.333 e. The summed E-state index contributed by atoms with van der Waals surface area (Å²) < 4.78 is 0. The fourth-order valence-electron chi connectivity index (χ4n) is 3.39. The van der Waals surface area contributed by atoms with Gasteiger partial charge in [0, 0.05) is 5.41 Å². The maximum atomic E-state index is 10.9. The summed E-state index contributed by atoms with van der Waals surface area (Å²) in [6, 6.07) is 0. The normalized spacial score (nSPS) is 41.2. The van der Waals surface area contributed by atoms with Crippen LogP contribution in [-0.4, -0.2) is 22.3 Å². The van der Waals surface area contributed by atoms with E-state index in [0.29, 0.717) is 18.3 Å². The Kier molecular flexibility index (Phi) is 2.59. The molecular weight excluding hydrogens is 192 g/mol. The van der Waals surface area contributed by atoms with Gasteiger partial charge in [-0.25, -0.2) is 4.79 Å². The molecule has 84 valence electrons. The van der Waals surface area contributed by atoms with E-state index in [1.54, 1.807) is 0 Å². The minimum atomic E-state index is -1.20. The molecule has 2 N–H and O–H groups in total. The molecule has 2 aliphatic carbocycles. The second kappa shape index (κ2) is 3.63. The van der Waals surface area contributed by atoms with Crippen LogP contribution < -0.4 is 0 Å². The van der Waals surface area contributed by atoms with Crippen molar-refractivity contribution >= 4 is 5.97 Å². The minimum absolute atomic E-state index is 0.400. The second-order valence-corrected chi connectivity index (χ2v) is 5.24. The third-order valence-corrected chi connectivity index (χ3v) is 3.88. The van der Waals surface area contributed by atoms with Gasteiger partial charge in [-0.05, 0) is 37.5 Å². The van der Waals surface area contributed by atoms with Gasteiger partial charge in [-0.15, -0.1) is 0 Å². The molecule has 0 amide bonds. The monoisotopic (exact) mass is 210 g/mol. The van der Waals surface area contributed by atoms with Gasteiger partial charge in [0.2, 0.25) is 0 Å². The van der Waals surface area contributed by atoms with Crippen molar-refractivity contribution in [1.82, 2.24) is 0 Å². The van der Waals surface area contributed by atoms with Gasteiger partial charge in [-0.2, -0.15) is 0 Å². The van der Waals surface area contributed by atoms with E-state index in [1.807, 2.05) is 6.08 Å². The van der Waals surface area contributed by atoms with E-state index in [2.05, 4.69) is 13.0 Å². The molecule has 0 radical (unpaired) electrons. The number of carboxylic acids is 1. The van der Waals surface area contributed by atoms with Gasteiger partial charge < -0.3 is 10.2 Å². The van der Waals surface area contributed by atoms with E-state index in [-0.39, 0.29) is 0 Å². The van der Waals surface area contributed by atoms with E-state index in [1.165, 1.54) is 0 Å². The first-order chi connectivity index (χ1) is 7.03. The van der Waals surface area contributed by atoms with Crippen molar-refractivity contribution in [3.05, 3.63) is 12.2 Å². The average molecular weight is 210 g/mol. The summed E-state index contributed by atoms with van der Waals surface area (Å²) in [5.74, 6) is -0.0858. The molecule has 15 heavy (non-hydrogen) atoms. The largest absolute Gasteiger partial charge is 0.479 e. The highest BCUT2D eigenvalue weighted by molar-refractivity contribution is 5.73. The summed E-state index contributed by atoms with van der Waals surface area (Å²) in [5, 5.41) is 18.8. The lowest BCUT2D eigenvalue weighted by atomic mass is 9.59. The molecule has 0 aromatic heterocycles. The number of carboxylic acid groups (broad SMARTS) is 1. The molecule has 2 aliphatic rings. The maximum Gasteiger partial charge on any atom is 0.333 e. The SMILES string of the molecule is CC1CC2C=CCC(C(O)C(=O)O)(C1)C2. The highest BCUT2D eigenvalue weighted by Crippen LogP contribution is 2.50. The number of fused-ring (bicyclic) bond motifs is 2. The van der Waals surface area contributed by atoms with Crippen LogP contribution >= 0.6 is 0 Å². The van der Waals surface area contributed by atoms with Crippen LogP contribution in [0, 0.1) is 17.3 Å². The van der Waals surface area contributed by atoms with Crippen LogP contribution in [0.25, 0.3) is 0 Å². The van der Waals surface area contributed by atoms with Crippen molar-refractivity contribution in [3.63, 3.8) is 0 Å². The molecular formula is C12H18O3. The average Bonchev–Trinajstić information content (AvgIpc) is 2.15. The summed E-state index contributed by atoms with van der Waals surface area (Å²) in [4.78, 5) is 10.9. The molecule has 0 aliphatic heterocycles. The Morgan fingerprint density at radius 3 is 2.93 bits per heavy atom. The highest BCUT2D eigenvalue weighted by Gasteiger charge is 2.47. The van der Waals surface area contributed by atoms with Crippen molar-refractivity contribution in [2.75, 3.05) is 0 Å². The zero-order chi connectivity index (χ0) is 11.1. The lowest BCUT2D eigenvalue weighted by molar-refractivity contribution is -0.158. The zero-order valence-corrected chi connectivity index (χ0v) is 9.02. The number of allylic oxidation sites excluding steroid dienone is 2. The Hall–Kier alpha value is -0.830. The predicted molar refractivity (Wildman–Crippen MR) is 56.3 cm³/mol. The molecule has 0 aromatic rings. The molecule has 1 fully saturated rings. The Balaban J connectivity index is 2.25. The third-order valence-electron chi connectivity index (χ3n) is 3.88. The Morgan fingerprint density at radius 1 is 1.53 bits per heavy atom. The molecule has 2 bridgehead atoms. The van der Waals surface area contributed by atoms with Crippen LogP contribution in [-0.2, 0) is 4.79 Å². The van der Waals surface area contributed by atoms with Gasteiger partial charge in [-0.1, -0.05) is 19.1 Å². The predicted octanol–water partition coefficient (Wildman–Crippen LogP) is 1.81. The van der Waals surface area contributed by atoms with E-state index < -0.39 is 17.5 Å². The van der Waals surface area contributed by atoms with E-state index in [9.17, 15) is 9.90 Å². The Morgan fingerprint density at radius 2 is 2.27 bits per heavy atom. The summed E-state index contributed by atoms with van der Waals surface area (Å²) in [6.07, 6.45) is 6.54. The van der Waals surface area contributed by atoms with Crippen molar-refractivity contribution in [2.24, 2.45) is 17.3 Å². The molecule has 1 saturated carbocycles. The van der Waals surface area contributed by atoms with Gasteiger partial charge in [0.25, 0.3) is 0 Å². The summed E-state index contributed by atoms with van der Waals surface area (Å²) >= 11 is 0. The van der Waals surface area contributed by atoms with Crippen LogP contribution in [0.15, 0.2) is 12.2 Å². The molecule has 0 aromatic carbocycles. The summed E-state index contributed by atoms with van der Waals surface area (Å²) in [7, 11) is 0. The fraction of sp³-hybridized carbons (Fsp3) is 0.750. The highest BCUT2D eigenvalue weighted by atomic mass is 16.4. The Bertz CT molecular complexity index is 297.